The molecule has 4 N–H and O–H groups in total. The molecule has 0 aromatic heterocycles. The maximum Gasteiger partial charge on any atom is 0.573 e. The van der Waals surface area contributed by atoms with Gasteiger partial charge >= 0.3 is 6.36 Å². The fraction of sp³-hybridized carbons (Fsp3) is 0.619. The molecular formula is C21H32F3N5O2. The van der Waals surface area contributed by atoms with Gasteiger partial charge in [0, 0.05) is 24.6 Å². The van der Waals surface area contributed by atoms with E-state index in [4.69, 9.17) is 5.73 Å². The molecular weight excluding hydrogens is 411 g/mol. The second-order valence-corrected chi connectivity index (χ2v) is 7.50. The number of halogens is 3. The van der Waals surface area contributed by atoms with Gasteiger partial charge in [-0.1, -0.05) is 18.2 Å². The van der Waals surface area contributed by atoms with Gasteiger partial charge in [0.1, 0.15) is 5.75 Å². The average molecular weight is 444 g/mol. The first-order chi connectivity index (χ1) is 14.8. The van der Waals surface area contributed by atoms with Gasteiger partial charge in [-0.2, -0.15) is 0 Å². The minimum Gasteiger partial charge on any atom is -0.405 e. The summed E-state index contributed by atoms with van der Waals surface area (Å²) in [6.45, 7) is 6.08. The number of hydrogen-bond donors (Lipinski definition) is 3. The maximum absolute atomic E-state index is 12.6. The number of piperidine rings is 1. The molecule has 1 aliphatic rings. The molecule has 1 saturated heterocycles. The molecule has 0 radical (unpaired) electrons. The number of nitrogens with zero attached hydrogens (tertiary/aromatic N) is 2. The van der Waals surface area contributed by atoms with E-state index in [-0.39, 0.29) is 24.1 Å². The van der Waals surface area contributed by atoms with E-state index < -0.39 is 6.36 Å². The summed E-state index contributed by atoms with van der Waals surface area (Å²) in [5.74, 6) is 0.108. The molecule has 0 unspecified atom stereocenters. The van der Waals surface area contributed by atoms with Gasteiger partial charge in [0.2, 0.25) is 5.91 Å². The topological polar surface area (TPSA) is 92.0 Å². The highest BCUT2D eigenvalue weighted by molar-refractivity contribution is 5.79. The number of amides is 1. The predicted molar refractivity (Wildman–Crippen MR) is 114 cm³/mol. The molecule has 1 aliphatic heterocycles. The predicted octanol–water partition coefficient (Wildman–Crippen LogP) is 2.62. The molecule has 1 heterocycles. The molecule has 1 aromatic rings. The molecule has 1 aromatic carbocycles. The van der Waals surface area contributed by atoms with Crippen molar-refractivity contribution in [1.29, 1.82) is 0 Å². The van der Waals surface area contributed by atoms with Crippen LogP contribution in [0.5, 0.6) is 5.75 Å². The highest BCUT2D eigenvalue weighted by Crippen LogP contribution is 2.26. The van der Waals surface area contributed by atoms with Crippen LogP contribution in [0.25, 0.3) is 0 Å². The molecule has 0 atom stereocenters. The molecule has 31 heavy (non-hydrogen) atoms. The Hall–Kier alpha value is -2.49. The monoisotopic (exact) mass is 443 g/mol. The lowest BCUT2D eigenvalue weighted by Gasteiger charge is -2.30. The van der Waals surface area contributed by atoms with Crippen LogP contribution in [0.3, 0.4) is 0 Å². The largest absolute Gasteiger partial charge is 0.573 e. The number of carbonyl (C=O) groups excluding carboxylic acids is 1. The van der Waals surface area contributed by atoms with Gasteiger partial charge in [-0.05, 0) is 58.3 Å². The van der Waals surface area contributed by atoms with Crippen LogP contribution in [0.4, 0.5) is 13.2 Å². The minimum atomic E-state index is -4.74. The molecule has 0 aliphatic carbocycles. The van der Waals surface area contributed by atoms with Crippen LogP contribution >= 0.6 is 0 Å². The quantitative estimate of drug-likeness (QED) is 0.294. The summed E-state index contributed by atoms with van der Waals surface area (Å²) in [6, 6.07) is 6.00. The van der Waals surface area contributed by atoms with Crippen molar-refractivity contribution in [1.82, 2.24) is 15.5 Å². The lowest BCUT2D eigenvalue weighted by atomic mass is 9.96. The number of ether oxygens (including phenoxy) is 1. The fourth-order valence-electron chi connectivity index (χ4n) is 3.47. The Labute approximate surface area is 181 Å². The van der Waals surface area contributed by atoms with E-state index in [0.29, 0.717) is 24.6 Å². The number of hydrogen-bond acceptors (Lipinski definition) is 4. The van der Waals surface area contributed by atoms with Gasteiger partial charge < -0.3 is 26.0 Å². The average Bonchev–Trinajstić information content (AvgIpc) is 2.72. The van der Waals surface area contributed by atoms with Crippen LogP contribution in [0.2, 0.25) is 0 Å². The number of aliphatic imine (C=N–C) groups is 1. The SMILES string of the molecule is CCNC(=NCc1ccccc1OC(F)(F)F)NCCCCN1CCC(C(N)=O)CC1. The number of unbranched alkanes of at least 4 members (excludes halogenated alkanes) is 1. The van der Waals surface area contributed by atoms with E-state index >= 15 is 0 Å². The van der Waals surface area contributed by atoms with Crippen LogP contribution < -0.4 is 21.1 Å². The molecule has 174 valence electrons. The molecule has 0 bridgehead atoms. The summed E-state index contributed by atoms with van der Waals surface area (Å²) in [4.78, 5) is 17.9. The summed E-state index contributed by atoms with van der Waals surface area (Å²) >= 11 is 0. The first kappa shape index (κ1) is 24.8. The number of benzene rings is 1. The molecule has 7 nitrogen and oxygen atoms in total. The van der Waals surface area contributed by atoms with Crippen molar-refractivity contribution < 1.29 is 22.7 Å². The minimum absolute atomic E-state index is 0.00321. The van der Waals surface area contributed by atoms with Crippen molar-refractivity contribution in [2.45, 2.75) is 45.5 Å². The van der Waals surface area contributed by atoms with Gasteiger partial charge in [0.15, 0.2) is 5.96 Å². The number of rotatable bonds is 10. The Balaban J connectivity index is 1.75. The molecule has 0 saturated carbocycles. The maximum atomic E-state index is 12.6. The van der Waals surface area contributed by atoms with E-state index in [1.165, 1.54) is 12.1 Å². The van der Waals surface area contributed by atoms with Gasteiger partial charge in [0.05, 0.1) is 6.54 Å². The Morgan fingerprint density at radius 1 is 1.23 bits per heavy atom. The number of nitrogens with one attached hydrogen (secondary N) is 2. The number of carbonyl (C=O) groups is 1. The fourth-order valence-corrected chi connectivity index (χ4v) is 3.47. The summed E-state index contributed by atoms with van der Waals surface area (Å²) in [6.07, 6.45) is -1.17. The summed E-state index contributed by atoms with van der Waals surface area (Å²) in [5, 5.41) is 6.31. The van der Waals surface area contributed by atoms with Crippen LogP contribution in [0.1, 0.15) is 38.2 Å². The number of alkyl halides is 3. The Morgan fingerprint density at radius 2 is 1.94 bits per heavy atom. The number of guanidine groups is 1. The third-order valence-electron chi connectivity index (χ3n) is 5.13. The first-order valence-electron chi connectivity index (χ1n) is 10.7. The van der Waals surface area contributed by atoms with Crippen LogP contribution in [-0.4, -0.2) is 55.9 Å². The zero-order valence-corrected chi connectivity index (χ0v) is 17.9. The zero-order chi connectivity index (χ0) is 22.7. The van der Waals surface area contributed by atoms with Crippen molar-refractivity contribution in [2.75, 3.05) is 32.7 Å². The number of primary amides is 1. The highest BCUT2D eigenvalue weighted by Gasteiger charge is 2.31. The zero-order valence-electron chi connectivity index (χ0n) is 17.9. The van der Waals surface area contributed by atoms with Gasteiger partial charge in [-0.3, -0.25) is 4.79 Å². The van der Waals surface area contributed by atoms with Crippen molar-refractivity contribution in [2.24, 2.45) is 16.6 Å². The summed E-state index contributed by atoms with van der Waals surface area (Å²) < 4.78 is 41.8. The van der Waals surface area contributed by atoms with Crippen LogP contribution in [0.15, 0.2) is 29.3 Å². The number of likely N-dealkylation sites (tertiary alicyclic amines) is 1. The summed E-state index contributed by atoms with van der Waals surface area (Å²) in [7, 11) is 0. The lowest BCUT2D eigenvalue weighted by Crippen LogP contribution is -2.39. The van der Waals surface area contributed by atoms with Crippen LogP contribution in [0, 0.1) is 5.92 Å². The Bertz CT molecular complexity index is 719. The van der Waals surface area contributed by atoms with Gasteiger partial charge in [-0.25, -0.2) is 4.99 Å². The van der Waals surface area contributed by atoms with E-state index in [1.54, 1.807) is 12.1 Å². The normalized spacial score (nSPS) is 16.2. The number of para-hydroxylation sites is 1. The standard InChI is InChI=1S/C21H32F3N5O2/c1-2-26-20(28-15-17-7-3-4-8-18(17)31-21(22,23)24)27-11-5-6-12-29-13-9-16(10-14-29)19(25)30/h3-4,7-8,16H,2,5-6,9-15H2,1H3,(H2,25,30)(H2,26,27,28). The van der Waals surface area contributed by atoms with E-state index in [1.807, 2.05) is 6.92 Å². The van der Waals surface area contributed by atoms with Gasteiger partial charge in [-0.15, -0.1) is 13.2 Å². The van der Waals surface area contributed by atoms with Crippen molar-refractivity contribution in [3.8, 4) is 5.75 Å². The number of nitrogens with two attached hydrogens (primary N) is 1. The summed E-state index contributed by atoms with van der Waals surface area (Å²) in [5.41, 5.74) is 5.72. The molecule has 1 amide bonds. The molecule has 10 heteroatoms. The van der Waals surface area contributed by atoms with Crippen molar-refractivity contribution in [3.63, 3.8) is 0 Å². The lowest BCUT2D eigenvalue weighted by molar-refractivity contribution is -0.274. The molecule has 0 spiro atoms. The van der Waals surface area contributed by atoms with E-state index in [9.17, 15) is 18.0 Å². The first-order valence-corrected chi connectivity index (χ1v) is 10.7. The third-order valence-corrected chi connectivity index (χ3v) is 5.13. The third kappa shape index (κ3) is 9.46. The Morgan fingerprint density at radius 3 is 2.58 bits per heavy atom. The Kier molecular flexibility index (Phi) is 9.90. The smallest absolute Gasteiger partial charge is 0.405 e. The second-order valence-electron chi connectivity index (χ2n) is 7.50. The molecule has 2 rings (SSSR count). The second kappa shape index (κ2) is 12.4. The van der Waals surface area contributed by atoms with E-state index in [2.05, 4.69) is 25.3 Å². The van der Waals surface area contributed by atoms with Gasteiger partial charge in [0.25, 0.3) is 0 Å². The van der Waals surface area contributed by atoms with E-state index in [0.717, 1.165) is 45.3 Å². The molecule has 1 fully saturated rings. The van der Waals surface area contributed by atoms with Crippen molar-refractivity contribution in [3.05, 3.63) is 29.8 Å². The highest BCUT2D eigenvalue weighted by atomic mass is 19.4. The van der Waals surface area contributed by atoms with Crippen molar-refractivity contribution >= 4 is 11.9 Å². The van der Waals surface area contributed by atoms with Crippen LogP contribution in [-0.2, 0) is 11.3 Å².